The van der Waals surface area contributed by atoms with Crippen LogP contribution in [0.25, 0.3) is 0 Å². The van der Waals surface area contributed by atoms with Gasteiger partial charge >= 0.3 is 6.01 Å². The monoisotopic (exact) mass is 314 g/mol. The Labute approximate surface area is 134 Å². The Morgan fingerprint density at radius 1 is 1.17 bits per heavy atom. The van der Waals surface area contributed by atoms with E-state index in [1.165, 1.54) is 7.11 Å². The number of morpholine rings is 1. The van der Waals surface area contributed by atoms with Gasteiger partial charge in [0, 0.05) is 13.1 Å². The van der Waals surface area contributed by atoms with Crippen molar-refractivity contribution in [2.24, 2.45) is 5.10 Å². The molecule has 120 valence electrons. The Balaban J connectivity index is 1.74. The highest BCUT2D eigenvalue weighted by Gasteiger charge is 2.16. The maximum absolute atomic E-state index is 5.34. The van der Waals surface area contributed by atoms with E-state index in [4.69, 9.17) is 9.47 Å². The zero-order valence-electron chi connectivity index (χ0n) is 12.8. The summed E-state index contributed by atoms with van der Waals surface area (Å²) in [6.45, 7) is 2.78. The van der Waals surface area contributed by atoms with Crippen molar-refractivity contribution < 1.29 is 9.47 Å². The van der Waals surface area contributed by atoms with Crippen LogP contribution in [0, 0.1) is 0 Å². The first kappa shape index (κ1) is 15.2. The third kappa shape index (κ3) is 4.13. The number of anilines is 2. The summed E-state index contributed by atoms with van der Waals surface area (Å²) < 4.78 is 10.5. The van der Waals surface area contributed by atoms with E-state index in [0.29, 0.717) is 25.1 Å². The molecule has 0 radical (unpaired) electrons. The maximum Gasteiger partial charge on any atom is 0.322 e. The van der Waals surface area contributed by atoms with Crippen LogP contribution in [0.4, 0.5) is 11.9 Å². The van der Waals surface area contributed by atoms with Gasteiger partial charge in [-0.2, -0.15) is 20.1 Å². The molecule has 0 bridgehead atoms. The topological polar surface area (TPSA) is 84.8 Å². The lowest BCUT2D eigenvalue weighted by Crippen LogP contribution is -2.37. The molecule has 8 nitrogen and oxygen atoms in total. The van der Waals surface area contributed by atoms with Crippen molar-refractivity contribution in [3.8, 4) is 6.01 Å². The second-order valence-electron chi connectivity index (χ2n) is 4.83. The number of hydrogen-bond donors (Lipinski definition) is 1. The zero-order valence-corrected chi connectivity index (χ0v) is 12.8. The van der Waals surface area contributed by atoms with E-state index in [9.17, 15) is 0 Å². The molecule has 23 heavy (non-hydrogen) atoms. The number of hydrazone groups is 1. The second kappa shape index (κ2) is 7.50. The predicted molar refractivity (Wildman–Crippen MR) is 87.1 cm³/mol. The first-order valence-electron chi connectivity index (χ1n) is 7.32. The largest absolute Gasteiger partial charge is 0.467 e. The third-order valence-electron chi connectivity index (χ3n) is 3.26. The van der Waals surface area contributed by atoms with Gasteiger partial charge in [0.1, 0.15) is 0 Å². The summed E-state index contributed by atoms with van der Waals surface area (Å²) in [6.07, 6.45) is 1.70. The summed E-state index contributed by atoms with van der Waals surface area (Å²) in [5, 5.41) is 4.15. The van der Waals surface area contributed by atoms with Gasteiger partial charge in [0.25, 0.3) is 5.95 Å². The van der Waals surface area contributed by atoms with Crippen molar-refractivity contribution in [3.05, 3.63) is 35.9 Å². The van der Waals surface area contributed by atoms with Gasteiger partial charge in [0.05, 0.1) is 26.5 Å². The Morgan fingerprint density at radius 2 is 1.96 bits per heavy atom. The van der Waals surface area contributed by atoms with Crippen LogP contribution in [0.1, 0.15) is 5.56 Å². The highest BCUT2D eigenvalue weighted by atomic mass is 16.5. The minimum Gasteiger partial charge on any atom is -0.467 e. The van der Waals surface area contributed by atoms with Gasteiger partial charge in [-0.05, 0) is 5.56 Å². The van der Waals surface area contributed by atoms with Gasteiger partial charge in [-0.25, -0.2) is 5.43 Å². The number of nitrogens with one attached hydrogen (secondary N) is 1. The van der Waals surface area contributed by atoms with Crippen molar-refractivity contribution in [3.63, 3.8) is 0 Å². The van der Waals surface area contributed by atoms with Gasteiger partial charge in [-0.1, -0.05) is 30.3 Å². The summed E-state index contributed by atoms with van der Waals surface area (Å²) in [7, 11) is 1.52. The van der Waals surface area contributed by atoms with E-state index < -0.39 is 0 Å². The smallest absolute Gasteiger partial charge is 0.322 e. The molecule has 1 aromatic carbocycles. The summed E-state index contributed by atoms with van der Waals surface area (Å²) in [5.41, 5.74) is 3.80. The molecule has 1 saturated heterocycles. The minimum absolute atomic E-state index is 0.249. The van der Waals surface area contributed by atoms with Gasteiger partial charge in [-0.15, -0.1) is 0 Å². The Morgan fingerprint density at radius 3 is 2.70 bits per heavy atom. The van der Waals surface area contributed by atoms with E-state index in [1.807, 2.05) is 35.2 Å². The zero-order chi connectivity index (χ0) is 15.9. The molecular weight excluding hydrogens is 296 g/mol. The Hall–Kier alpha value is -2.74. The van der Waals surface area contributed by atoms with E-state index in [0.717, 1.165) is 18.7 Å². The van der Waals surface area contributed by atoms with E-state index in [-0.39, 0.29) is 6.01 Å². The molecule has 0 aliphatic carbocycles. The van der Waals surface area contributed by atoms with Crippen LogP contribution in [0.3, 0.4) is 0 Å². The molecule has 1 aromatic heterocycles. The molecule has 2 aromatic rings. The number of hydrogen-bond acceptors (Lipinski definition) is 8. The average molecular weight is 314 g/mol. The van der Waals surface area contributed by atoms with Crippen molar-refractivity contribution in [2.75, 3.05) is 43.7 Å². The molecule has 0 amide bonds. The number of aromatic nitrogens is 3. The lowest BCUT2D eigenvalue weighted by Gasteiger charge is -2.26. The molecule has 2 heterocycles. The first-order valence-corrected chi connectivity index (χ1v) is 7.32. The lowest BCUT2D eigenvalue weighted by atomic mass is 10.2. The van der Waals surface area contributed by atoms with Crippen molar-refractivity contribution in [1.29, 1.82) is 0 Å². The Bertz CT molecular complexity index is 658. The van der Waals surface area contributed by atoms with Crippen molar-refractivity contribution in [1.82, 2.24) is 15.0 Å². The fraction of sp³-hybridized carbons (Fsp3) is 0.333. The fourth-order valence-corrected chi connectivity index (χ4v) is 2.10. The molecule has 1 aliphatic rings. The third-order valence-corrected chi connectivity index (χ3v) is 3.26. The molecule has 0 unspecified atom stereocenters. The molecule has 1 aliphatic heterocycles. The quantitative estimate of drug-likeness (QED) is 0.655. The van der Waals surface area contributed by atoms with Crippen LogP contribution < -0.4 is 15.1 Å². The standard InChI is InChI=1S/C15H18N6O2/c1-22-15-18-13(20-16-11-12-5-3-2-4-6-12)17-14(19-15)21-7-9-23-10-8-21/h2-6,11H,7-10H2,1H3,(H,17,18,19,20)/b16-11+. The number of methoxy groups -OCH3 is 1. The minimum atomic E-state index is 0.249. The summed E-state index contributed by atoms with van der Waals surface area (Å²) in [6, 6.07) is 10.0. The summed E-state index contributed by atoms with van der Waals surface area (Å²) in [4.78, 5) is 14.8. The van der Waals surface area contributed by atoms with E-state index in [1.54, 1.807) is 6.21 Å². The number of rotatable bonds is 5. The van der Waals surface area contributed by atoms with Crippen molar-refractivity contribution in [2.45, 2.75) is 0 Å². The molecule has 1 N–H and O–H groups in total. The molecule has 8 heteroatoms. The second-order valence-corrected chi connectivity index (χ2v) is 4.83. The van der Waals surface area contributed by atoms with Crippen LogP contribution in [0.5, 0.6) is 6.01 Å². The summed E-state index contributed by atoms with van der Waals surface area (Å²) >= 11 is 0. The molecule has 1 fully saturated rings. The van der Waals surface area contributed by atoms with Gasteiger partial charge < -0.3 is 14.4 Å². The van der Waals surface area contributed by atoms with Gasteiger partial charge in [-0.3, -0.25) is 0 Å². The molecular formula is C15H18N6O2. The van der Waals surface area contributed by atoms with Crippen molar-refractivity contribution >= 4 is 18.1 Å². The van der Waals surface area contributed by atoms with Crippen LogP contribution in [-0.4, -0.2) is 54.6 Å². The summed E-state index contributed by atoms with van der Waals surface area (Å²) in [5.74, 6) is 0.892. The predicted octanol–water partition coefficient (Wildman–Crippen LogP) is 1.16. The maximum atomic E-state index is 5.34. The molecule has 0 atom stereocenters. The first-order chi connectivity index (χ1) is 11.3. The normalized spacial score (nSPS) is 14.9. The van der Waals surface area contributed by atoms with Gasteiger partial charge in [0.2, 0.25) is 5.95 Å². The average Bonchev–Trinajstić information content (AvgIpc) is 2.63. The number of nitrogens with zero attached hydrogens (tertiary/aromatic N) is 5. The van der Waals surface area contributed by atoms with Crippen LogP contribution in [-0.2, 0) is 4.74 Å². The van der Waals surface area contributed by atoms with Crippen LogP contribution in [0.2, 0.25) is 0 Å². The van der Waals surface area contributed by atoms with Crippen LogP contribution in [0.15, 0.2) is 35.4 Å². The fourth-order valence-electron chi connectivity index (χ4n) is 2.10. The number of ether oxygens (including phenoxy) is 2. The molecule has 3 rings (SSSR count). The highest BCUT2D eigenvalue weighted by molar-refractivity contribution is 5.79. The number of benzene rings is 1. The van der Waals surface area contributed by atoms with E-state index in [2.05, 4.69) is 25.5 Å². The molecule has 0 spiro atoms. The van der Waals surface area contributed by atoms with Crippen LogP contribution >= 0.6 is 0 Å². The highest BCUT2D eigenvalue weighted by Crippen LogP contribution is 2.15. The lowest BCUT2D eigenvalue weighted by molar-refractivity contribution is 0.122. The molecule has 0 saturated carbocycles. The Kier molecular flexibility index (Phi) is 4.95. The van der Waals surface area contributed by atoms with Gasteiger partial charge in [0.15, 0.2) is 0 Å². The van der Waals surface area contributed by atoms with E-state index >= 15 is 0 Å². The SMILES string of the molecule is COc1nc(N/N=C/c2ccccc2)nc(N2CCOCC2)n1.